The summed E-state index contributed by atoms with van der Waals surface area (Å²) in [5, 5.41) is 10.2. The van der Waals surface area contributed by atoms with Gasteiger partial charge in [0.2, 0.25) is 0 Å². The van der Waals surface area contributed by atoms with Gasteiger partial charge < -0.3 is 4.90 Å². The first kappa shape index (κ1) is 7.58. The fourth-order valence-corrected chi connectivity index (χ4v) is 2.10. The molecule has 0 aromatic rings. The molecule has 1 spiro atoms. The van der Waals surface area contributed by atoms with Crippen LogP contribution in [0.4, 0.5) is 4.79 Å². The number of carbonyl (C=O) groups is 1. The Balaban J connectivity index is 2.29. The third-order valence-corrected chi connectivity index (χ3v) is 2.96. The average Bonchev–Trinajstić information content (AvgIpc) is 2.19. The molecule has 2 rings (SSSR count). The zero-order valence-corrected chi connectivity index (χ0v) is 7.18. The largest absolute Gasteiger partial charge is 0.323 e. The van der Waals surface area contributed by atoms with E-state index in [9.17, 15) is 4.79 Å². The van der Waals surface area contributed by atoms with Crippen molar-refractivity contribution in [3.63, 3.8) is 0 Å². The van der Waals surface area contributed by atoms with Crippen LogP contribution in [0.5, 0.6) is 0 Å². The number of urea groups is 1. The summed E-state index contributed by atoms with van der Waals surface area (Å²) in [5.41, 5.74) is -0.230. The van der Waals surface area contributed by atoms with E-state index in [1.807, 2.05) is 6.92 Å². The summed E-state index contributed by atoms with van der Waals surface area (Å²) in [7, 11) is 0. The molecule has 0 bridgehead atoms. The average molecular weight is 167 g/mol. The molecule has 0 aromatic carbocycles. The molecular formula is C8H13N3O. The molecule has 2 N–H and O–H groups in total. The molecule has 1 aliphatic heterocycles. The van der Waals surface area contributed by atoms with Gasteiger partial charge in [0.1, 0.15) is 11.4 Å². The topological polar surface area (TPSA) is 56.2 Å². The zero-order valence-electron chi connectivity index (χ0n) is 7.18. The van der Waals surface area contributed by atoms with Crippen molar-refractivity contribution in [3.05, 3.63) is 0 Å². The van der Waals surface area contributed by atoms with Crippen LogP contribution in [0.15, 0.2) is 0 Å². The van der Waals surface area contributed by atoms with E-state index >= 15 is 0 Å². The minimum Gasteiger partial charge on any atom is -0.312 e. The number of hydrogen-bond donors (Lipinski definition) is 2. The highest BCUT2D eigenvalue weighted by atomic mass is 16.2. The van der Waals surface area contributed by atoms with Crippen molar-refractivity contribution in [3.8, 4) is 0 Å². The summed E-state index contributed by atoms with van der Waals surface area (Å²) in [4.78, 5) is 13.1. The minimum atomic E-state index is -0.230. The van der Waals surface area contributed by atoms with Gasteiger partial charge in [-0.1, -0.05) is 0 Å². The van der Waals surface area contributed by atoms with Crippen molar-refractivity contribution in [1.29, 1.82) is 5.41 Å². The molecule has 4 heteroatoms. The van der Waals surface area contributed by atoms with E-state index in [2.05, 4.69) is 5.32 Å². The maximum atomic E-state index is 11.3. The fourth-order valence-electron chi connectivity index (χ4n) is 2.10. The second-order valence-electron chi connectivity index (χ2n) is 3.43. The lowest BCUT2D eigenvalue weighted by Crippen LogP contribution is -2.54. The van der Waals surface area contributed by atoms with E-state index in [0.717, 1.165) is 19.3 Å². The van der Waals surface area contributed by atoms with Crippen LogP contribution in [-0.4, -0.2) is 28.9 Å². The fraction of sp³-hybridized carbons (Fsp3) is 0.750. The summed E-state index contributed by atoms with van der Waals surface area (Å²) < 4.78 is 0. The van der Waals surface area contributed by atoms with Crippen molar-refractivity contribution in [2.24, 2.45) is 0 Å². The molecule has 66 valence electrons. The molecule has 1 aliphatic carbocycles. The van der Waals surface area contributed by atoms with Crippen LogP contribution in [0.2, 0.25) is 0 Å². The summed E-state index contributed by atoms with van der Waals surface area (Å²) in [6.45, 7) is 2.66. The van der Waals surface area contributed by atoms with Crippen molar-refractivity contribution >= 4 is 11.9 Å². The van der Waals surface area contributed by atoms with E-state index in [4.69, 9.17) is 5.41 Å². The lowest BCUT2D eigenvalue weighted by molar-refractivity contribution is 0.125. The molecule has 2 fully saturated rings. The Bertz CT molecular complexity index is 245. The number of amidine groups is 1. The molecule has 4 nitrogen and oxygen atoms in total. The Morgan fingerprint density at radius 2 is 2.33 bits per heavy atom. The molecule has 0 radical (unpaired) electrons. The molecule has 0 unspecified atom stereocenters. The molecule has 1 saturated carbocycles. The maximum Gasteiger partial charge on any atom is 0.323 e. The van der Waals surface area contributed by atoms with Crippen LogP contribution < -0.4 is 5.32 Å². The van der Waals surface area contributed by atoms with Gasteiger partial charge >= 0.3 is 6.03 Å². The van der Waals surface area contributed by atoms with Gasteiger partial charge in [-0.05, 0) is 26.2 Å². The second kappa shape index (κ2) is 2.21. The Labute approximate surface area is 71.4 Å². The van der Waals surface area contributed by atoms with Gasteiger partial charge in [0.05, 0.1) is 0 Å². The molecular weight excluding hydrogens is 154 g/mol. The Kier molecular flexibility index (Phi) is 1.40. The number of rotatable bonds is 1. The van der Waals surface area contributed by atoms with E-state index in [1.54, 1.807) is 4.90 Å². The highest BCUT2D eigenvalue weighted by molar-refractivity contribution is 6.08. The predicted octanol–water partition coefficient (Wildman–Crippen LogP) is 0.931. The molecule has 2 aliphatic rings. The van der Waals surface area contributed by atoms with Crippen molar-refractivity contribution in [2.75, 3.05) is 6.54 Å². The van der Waals surface area contributed by atoms with E-state index < -0.39 is 0 Å². The highest BCUT2D eigenvalue weighted by Crippen LogP contribution is 2.40. The first-order valence-electron chi connectivity index (χ1n) is 4.38. The van der Waals surface area contributed by atoms with Crippen LogP contribution in [-0.2, 0) is 0 Å². The quantitative estimate of drug-likeness (QED) is 0.599. The lowest BCUT2D eigenvalue weighted by Gasteiger charge is -2.43. The number of likely N-dealkylation sites (N-methyl/N-ethyl adjacent to an activating group) is 1. The number of nitrogens with zero attached hydrogens (tertiary/aromatic N) is 1. The lowest BCUT2D eigenvalue weighted by atomic mass is 9.75. The monoisotopic (exact) mass is 167 g/mol. The Hall–Kier alpha value is -1.06. The Morgan fingerprint density at radius 3 is 2.67 bits per heavy atom. The van der Waals surface area contributed by atoms with Gasteiger partial charge in [-0.2, -0.15) is 0 Å². The number of carbonyl (C=O) groups excluding carboxylic acids is 1. The van der Waals surface area contributed by atoms with Crippen molar-refractivity contribution < 1.29 is 4.79 Å². The molecule has 2 amide bonds. The second-order valence-corrected chi connectivity index (χ2v) is 3.43. The highest BCUT2D eigenvalue weighted by Gasteiger charge is 2.53. The predicted molar refractivity (Wildman–Crippen MR) is 45.2 cm³/mol. The van der Waals surface area contributed by atoms with E-state index in [1.165, 1.54) is 0 Å². The molecule has 0 aromatic heterocycles. The molecule has 1 saturated heterocycles. The first-order chi connectivity index (χ1) is 5.70. The van der Waals surface area contributed by atoms with Gasteiger partial charge in [0.15, 0.2) is 0 Å². The summed E-state index contributed by atoms with van der Waals surface area (Å²) in [6.07, 6.45) is 3.05. The molecule has 0 atom stereocenters. The third kappa shape index (κ3) is 0.673. The zero-order chi connectivity index (χ0) is 8.77. The molecule has 12 heavy (non-hydrogen) atoms. The SMILES string of the molecule is CCN1C(=O)NC(=N)C12CCC2. The third-order valence-electron chi connectivity index (χ3n) is 2.96. The van der Waals surface area contributed by atoms with Gasteiger partial charge in [-0.15, -0.1) is 0 Å². The summed E-state index contributed by atoms with van der Waals surface area (Å²) >= 11 is 0. The Morgan fingerprint density at radius 1 is 1.67 bits per heavy atom. The van der Waals surface area contributed by atoms with Crippen molar-refractivity contribution in [1.82, 2.24) is 10.2 Å². The van der Waals surface area contributed by atoms with E-state index in [0.29, 0.717) is 12.4 Å². The summed E-state index contributed by atoms with van der Waals surface area (Å²) in [5.74, 6) is 0.403. The van der Waals surface area contributed by atoms with Crippen molar-refractivity contribution in [2.45, 2.75) is 31.7 Å². The van der Waals surface area contributed by atoms with Gasteiger partial charge in [0, 0.05) is 6.54 Å². The normalized spacial score (nSPS) is 25.9. The van der Waals surface area contributed by atoms with Crippen LogP contribution in [0, 0.1) is 5.41 Å². The smallest absolute Gasteiger partial charge is 0.312 e. The number of hydrogen-bond acceptors (Lipinski definition) is 2. The number of nitrogens with one attached hydrogen (secondary N) is 2. The molecule has 1 heterocycles. The van der Waals surface area contributed by atoms with Gasteiger partial charge in [-0.3, -0.25) is 10.7 Å². The van der Waals surface area contributed by atoms with Crippen LogP contribution >= 0.6 is 0 Å². The number of amides is 2. The van der Waals surface area contributed by atoms with E-state index in [-0.39, 0.29) is 11.6 Å². The van der Waals surface area contributed by atoms with Gasteiger partial charge in [0.25, 0.3) is 0 Å². The minimum absolute atomic E-state index is 0.0952. The van der Waals surface area contributed by atoms with Crippen LogP contribution in [0.25, 0.3) is 0 Å². The maximum absolute atomic E-state index is 11.3. The summed E-state index contributed by atoms with van der Waals surface area (Å²) in [6, 6.07) is -0.0952. The first-order valence-corrected chi connectivity index (χ1v) is 4.38. The standard InChI is InChI=1S/C8H13N3O/c1-2-11-7(12)10-6(9)8(11)4-3-5-8/h2-5H2,1H3,(H2,9,10,12). The van der Waals surface area contributed by atoms with Crippen LogP contribution in [0.3, 0.4) is 0 Å². The van der Waals surface area contributed by atoms with Gasteiger partial charge in [-0.25, -0.2) is 4.79 Å². The van der Waals surface area contributed by atoms with Crippen LogP contribution in [0.1, 0.15) is 26.2 Å².